The highest BCUT2D eigenvalue weighted by atomic mass is 19.4. The van der Waals surface area contributed by atoms with Gasteiger partial charge in [-0.2, -0.15) is 13.2 Å². The van der Waals surface area contributed by atoms with Gasteiger partial charge in [-0.25, -0.2) is 24.7 Å². The number of hydrogen-bond donors (Lipinski definition) is 1. The molecule has 0 aromatic carbocycles. The molecule has 5 heterocycles. The van der Waals surface area contributed by atoms with Crippen LogP contribution in [-0.4, -0.2) is 89.1 Å². The molecular formula is C24H21F3N10O3. The molecule has 1 fully saturated rings. The molecule has 2 unspecified atom stereocenters. The van der Waals surface area contributed by atoms with Crippen molar-refractivity contribution in [2.24, 2.45) is 4.99 Å². The Labute approximate surface area is 224 Å². The molecule has 0 aliphatic carbocycles. The van der Waals surface area contributed by atoms with E-state index in [0.717, 1.165) is 17.3 Å². The first-order chi connectivity index (χ1) is 19.0. The molecule has 5 rings (SSSR count). The van der Waals surface area contributed by atoms with E-state index in [9.17, 15) is 27.6 Å². The Morgan fingerprint density at radius 2 is 1.85 bits per heavy atom. The zero-order valence-corrected chi connectivity index (χ0v) is 21.0. The van der Waals surface area contributed by atoms with Crippen LogP contribution < -0.4 is 5.32 Å². The minimum Gasteiger partial charge on any atom is -0.335 e. The van der Waals surface area contributed by atoms with E-state index in [-0.39, 0.29) is 23.6 Å². The minimum atomic E-state index is -4.69. The van der Waals surface area contributed by atoms with Gasteiger partial charge in [0.15, 0.2) is 18.0 Å². The van der Waals surface area contributed by atoms with Crippen molar-refractivity contribution in [3.63, 3.8) is 0 Å². The number of halogens is 3. The molecule has 3 aromatic rings. The Hall–Kier alpha value is -5.02. The van der Waals surface area contributed by atoms with Crippen molar-refractivity contribution in [1.29, 1.82) is 0 Å². The number of carbonyl (C=O) groups is 3. The molecule has 2 aliphatic rings. The summed E-state index contributed by atoms with van der Waals surface area (Å²) in [4.78, 5) is 66.6. The van der Waals surface area contributed by atoms with Crippen LogP contribution in [0.25, 0.3) is 11.3 Å². The third kappa shape index (κ3) is 5.02. The van der Waals surface area contributed by atoms with E-state index in [0.29, 0.717) is 5.69 Å². The summed E-state index contributed by atoms with van der Waals surface area (Å²) in [6.45, 7) is 1.51. The summed E-state index contributed by atoms with van der Waals surface area (Å²) < 4.78 is 38.3. The third-order valence-corrected chi connectivity index (χ3v) is 6.36. The largest absolute Gasteiger partial charge is 0.451 e. The number of carbonyl (C=O) groups excluding carboxylic acids is 3. The van der Waals surface area contributed by atoms with Crippen LogP contribution in [0.2, 0.25) is 0 Å². The number of likely N-dealkylation sites (N-methyl/N-ethyl adjacent to an activating group) is 1. The van der Waals surface area contributed by atoms with Gasteiger partial charge < -0.3 is 15.1 Å². The molecule has 1 saturated heterocycles. The fourth-order valence-electron chi connectivity index (χ4n) is 4.26. The summed E-state index contributed by atoms with van der Waals surface area (Å²) in [7, 11) is 1.52. The lowest BCUT2D eigenvalue weighted by Crippen LogP contribution is -2.66. The SMILES string of the molecule is C[C@@H](C(=O)Nc1cncc(-c2cnc(C(F)(F)F)nc2)n1)N1C=NC2C1C(=O)N(Cc1ccccn1)C(=O)N2C. The maximum atomic E-state index is 13.4. The Morgan fingerprint density at radius 3 is 2.52 bits per heavy atom. The highest BCUT2D eigenvalue weighted by Crippen LogP contribution is 2.29. The van der Waals surface area contributed by atoms with Crippen molar-refractivity contribution in [1.82, 2.24) is 39.6 Å². The van der Waals surface area contributed by atoms with Crippen LogP contribution in [0, 0.1) is 0 Å². The lowest BCUT2D eigenvalue weighted by Gasteiger charge is -2.42. The Morgan fingerprint density at radius 1 is 1.10 bits per heavy atom. The van der Waals surface area contributed by atoms with Gasteiger partial charge >= 0.3 is 12.2 Å². The molecule has 3 atom stereocenters. The topological polar surface area (TPSA) is 150 Å². The number of pyridine rings is 1. The summed E-state index contributed by atoms with van der Waals surface area (Å²) in [5, 5.41) is 2.59. The number of fused-ring (bicyclic) bond motifs is 1. The molecule has 16 heteroatoms. The van der Waals surface area contributed by atoms with Crippen molar-refractivity contribution < 1.29 is 27.6 Å². The molecule has 0 saturated carbocycles. The minimum absolute atomic E-state index is 0.0148. The second-order valence-electron chi connectivity index (χ2n) is 8.96. The van der Waals surface area contributed by atoms with Gasteiger partial charge in [-0.3, -0.25) is 24.5 Å². The number of hydrogen-bond acceptors (Lipinski definition) is 10. The van der Waals surface area contributed by atoms with Crippen molar-refractivity contribution in [3.8, 4) is 11.3 Å². The molecule has 2 aliphatic heterocycles. The molecular weight excluding hydrogens is 533 g/mol. The van der Waals surface area contributed by atoms with Gasteiger partial charge in [0, 0.05) is 31.2 Å². The van der Waals surface area contributed by atoms with Gasteiger partial charge in [-0.05, 0) is 19.1 Å². The first-order valence-corrected chi connectivity index (χ1v) is 11.9. The number of nitrogens with one attached hydrogen (secondary N) is 1. The molecule has 0 bridgehead atoms. The normalized spacial score (nSPS) is 19.6. The van der Waals surface area contributed by atoms with Crippen LogP contribution in [0.1, 0.15) is 18.4 Å². The summed E-state index contributed by atoms with van der Waals surface area (Å²) in [6, 6.07) is 2.74. The van der Waals surface area contributed by atoms with E-state index >= 15 is 0 Å². The second kappa shape index (κ2) is 10.3. The smallest absolute Gasteiger partial charge is 0.335 e. The zero-order valence-electron chi connectivity index (χ0n) is 21.0. The maximum Gasteiger partial charge on any atom is 0.451 e. The number of aliphatic imine (C=N–C) groups is 1. The van der Waals surface area contributed by atoms with Gasteiger partial charge in [0.2, 0.25) is 11.7 Å². The third-order valence-electron chi connectivity index (χ3n) is 6.36. The number of aromatic nitrogens is 5. The lowest BCUT2D eigenvalue weighted by molar-refractivity contribution is -0.145. The van der Waals surface area contributed by atoms with Crippen LogP contribution in [-0.2, 0) is 22.3 Å². The summed E-state index contributed by atoms with van der Waals surface area (Å²) in [6.07, 6.45) is 1.85. The highest BCUT2D eigenvalue weighted by molar-refractivity contribution is 6.03. The van der Waals surface area contributed by atoms with E-state index < -0.39 is 48.1 Å². The molecule has 1 N–H and O–H groups in total. The second-order valence-corrected chi connectivity index (χ2v) is 8.96. The number of nitrogens with zero attached hydrogens (tertiary/aromatic N) is 9. The Bertz CT molecular complexity index is 1470. The zero-order chi connectivity index (χ0) is 28.6. The van der Waals surface area contributed by atoms with E-state index in [1.165, 1.54) is 35.6 Å². The van der Waals surface area contributed by atoms with Crippen LogP contribution >= 0.6 is 0 Å². The average molecular weight is 554 g/mol. The predicted molar refractivity (Wildman–Crippen MR) is 132 cm³/mol. The van der Waals surface area contributed by atoms with E-state index in [1.54, 1.807) is 31.3 Å². The highest BCUT2D eigenvalue weighted by Gasteiger charge is 2.51. The van der Waals surface area contributed by atoms with Crippen LogP contribution in [0.3, 0.4) is 0 Å². The molecule has 3 aromatic heterocycles. The molecule has 206 valence electrons. The van der Waals surface area contributed by atoms with E-state index in [4.69, 9.17) is 0 Å². The monoisotopic (exact) mass is 554 g/mol. The fourth-order valence-corrected chi connectivity index (χ4v) is 4.26. The first-order valence-electron chi connectivity index (χ1n) is 11.9. The number of amides is 4. The Balaban J connectivity index is 1.31. The number of urea groups is 1. The van der Waals surface area contributed by atoms with E-state index in [2.05, 4.69) is 35.2 Å². The van der Waals surface area contributed by atoms with Crippen molar-refractivity contribution >= 4 is 30.0 Å². The number of rotatable bonds is 6. The van der Waals surface area contributed by atoms with Crippen LogP contribution in [0.15, 0.2) is 54.2 Å². The lowest BCUT2D eigenvalue weighted by atomic mass is 10.1. The van der Waals surface area contributed by atoms with Gasteiger partial charge in [-0.1, -0.05) is 6.07 Å². The quantitative estimate of drug-likeness (QED) is 0.481. The molecule has 13 nitrogen and oxygen atoms in total. The van der Waals surface area contributed by atoms with Crippen molar-refractivity contribution in [2.75, 3.05) is 12.4 Å². The number of anilines is 1. The summed E-state index contributed by atoms with van der Waals surface area (Å²) in [5.41, 5.74) is 0.812. The maximum absolute atomic E-state index is 13.4. The molecule has 0 radical (unpaired) electrons. The van der Waals surface area contributed by atoms with Crippen molar-refractivity contribution in [2.45, 2.75) is 37.9 Å². The fraction of sp³-hybridized carbons (Fsp3) is 0.292. The number of alkyl halides is 3. The van der Waals surface area contributed by atoms with Gasteiger partial charge in [-0.15, -0.1) is 0 Å². The van der Waals surface area contributed by atoms with Gasteiger partial charge in [0.1, 0.15) is 6.04 Å². The van der Waals surface area contributed by atoms with Gasteiger partial charge in [0.25, 0.3) is 5.91 Å². The number of imide groups is 1. The first kappa shape index (κ1) is 26.6. The van der Waals surface area contributed by atoms with Gasteiger partial charge in [0.05, 0.1) is 36.7 Å². The van der Waals surface area contributed by atoms with E-state index in [1.807, 2.05) is 0 Å². The summed E-state index contributed by atoms with van der Waals surface area (Å²) >= 11 is 0. The predicted octanol–water partition coefficient (Wildman–Crippen LogP) is 1.81. The van der Waals surface area contributed by atoms with Crippen LogP contribution in [0.5, 0.6) is 0 Å². The standard InChI is InChI=1S/C24H21F3N10O3/c1-13(20(38)34-17-10-28-9-16(33-17)14-7-30-22(31-8-14)24(25,26)27)37-12-32-19-18(37)21(39)36(23(40)35(19)2)11-15-5-3-4-6-29-15/h3-10,12-13,18-19H,11H2,1-2H3,(H,33,34,38)/t13-,18?,19?/m0/s1. The average Bonchev–Trinajstić information content (AvgIpc) is 3.39. The summed E-state index contributed by atoms with van der Waals surface area (Å²) in [5.74, 6) is -2.37. The van der Waals surface area contributed by atoms with Crippen LogP contribution in [0.4, 0.5) is 23.8 Å². The Kier molecular flexibility index (Phi) is 6.83. The van der Waals surface area contributed by atoms with Crippen molar-refractivity contribution in [3.05, 3.63) is 60.7 Å². The molecule has 0 spiro atoms. The molecule has 4 amide bonds. The molecule has 40 heavy (non-hydrogen) atoms.